The highest BCUT2D eigenvalue weighted by Crippen LogP contribution is 2.33. The van der Waals surface area contributed by atoms with Gasteiger partial charge in [0.25, 0.3) is 0 Å². The van der Waals surface area contributed by atoms with Gasteiger partial charge in [-0.15, -0.1) is 11.3 Å². The van der Waals surface area contributed by atoms with Gasteiger partial charge in [0.1, 0.15) is 0 Å². The second kappa shape index (κ2) is 3.32. The van der Waals surface area contributed by atoms with Crippen molar-refractivity contribution in [2.75, 3.05) is 6.26 Å². The lowest BCUT2D eigenvalue weighted by atomic mass is 10.1. The molecule has 80 valence electrons. The first-order valence-corrected chi connectivity index (χ1v) is 6.92. The molecule has 0 aliphatic carbocycles. The molecule has 5 heteroatoms. The van der Waals surface area contributed by atoms with Crippen molar-refractivity contribution in [2.24, 2.45) is 0 Å². The summed E-state index contributed by atoms with van der Waals surface area (Å²) in [4.78, 5) is 1.03. The van der Waals surface area contributed by atoms with E-state index in [-0.39, 0.29) is 0 Å². The number of hydrogen-bond acceptors (Lipinski definition) is 4. The van der Waals surface area contributed by atoms with E-state index in [4.69, 9.17) is 0 Å². The lowest BCUT2D eigenvalue weighted by Crippen LogP contribution is -2.15. The van der Waals surface area contributed by atoms with E-state index in [1.807, 2.05) is 0 Å². The summed E-state index contributed by atoms with van der Waals surface area (Å²) >= 11 is 1.28. The third-order valence-corrected chi connectivity index (χ3v) is 4.72. The van der Waals surface area contributed by atoms with E-state index in [9.17, 15) is 13.5 Å². The number of thiophene rings is 1. The molecule has 1 rings (SSSR count). The Balaban J connectivity index is 3.37. The van der Waals surface area contributed by atoms with Gasteiger partial charge in [-0.25, -0.2) is 8.42 Å². The van der Waals surface area contributed by atoms with Gasteiger partial charge in [0.15, 0.2) is 9.84 Å². The van der Waals surface area contributed by atoms with Crippen LogP contribution in [0.5, 0.6) is 0 Å². The quantitative estimate of drug-likeness (QED) is 0.847. The Morgan fingerprint density at radius 2 is 1.93 bits per heavy atom. The van der Waals surface area contributed by atoms with Crippen LogP contribution in [0.4, 0.5) is 0 Å². The Hall–Kier alpha value is -0.390. The van der Waals surface area contributed by atoms with Crippen molar-refractivity contribution in [1.82, 2.24) is 0 Å². The summed E-state index contributed by atoms with van der Waals surface area (Å²) in [7, 11) is -3.17. The molecule has 0 fully saturated rings. The number of aliphatic hydroxyl groups is 1. The second-order valence-electron chi connectivity index (χ2n) is 3.89. The number of rotatable bonds is 2. The van der Waals surface area contributed by atoms with Crippen molar-refractivity contribution < 1.29 is 13.5 Å². The molecule has 0 aliphatic rings. The molecule has 1 heterocycles. The Labute approximate surface area is 88.3 Å². The first kappa shape index (κ1) is 11.7. The van der Waals surface area contributed by atoms with Gasteiger partial charge in [-0.05, 0) is 26.3 Å². The van der Waals surface area contributed by atoms with Crippen LogP contribution in [-0.4, -0.2) is 19.8 Å². The summed E-state index contributed by atoms with van der Waals surface area (Å²) < 4.78 is 22.6. The highest BCUT2D eigenvalue weighted by molar-refractivity contribution is 7.90. The van der Waals surface area contributed by atoms with E-state index in [0.29, 0.717) is 15.3 Å². The molecule has 1 N–H and O–H groups in total. The molecule has 0 unspecified atom stereocenters. The molecule has 0 saturated carbocycles. The van der Waals surface area contributed by atoms with Crippen molar-refractivity contribution >= 4 is 21.2 Å². The van der Waals surface area contributed by atoms with Gasteiger partial charge in [0.2, 0.25) is 0 Å². The predicted molar refractivity (Wildman–Crippen MR) is 57.4 cm³/mol. The summed E-state index contributed by atoms with van der Waals surface area (Å²) in [6.07, 6.45) is 1.18. The Morgan fingerprint density at radius 1 is 1.43 bits per heavy atom. The fourth-order valence-corrected chi connectivity index (χ4v) is 3.91. The number of sulfone groups is 1. The van der Waals surface area contributed by atoms with E-state index in [1.54, 1.807) is 26.2 Å². The van der Waals surface area contributed by atoms with Gasteiger partial charge in [0, 0.05) is 16.5 Å². The topological polar surface area (TPSA) is 54.4 Å². The zero-order chi connectivity index (χ0) is 11.1. The second-order valence-corrected chi connectivity index (χ2v) is 6.75. The molecule has 0 radical (unpaired) electrons. The molecular weight excluding hydrogens is 220 g/mol. The Kier molecular flexibility index (Phi) is 2.77. The molecule has 14 heavy (non-hydrogen) atoms. The van der Waals surface area contributed by atoms with Crippen LogP contribution >= 0.6 is 11.3 Å². The molecule has 0 bridgehead atoms. The monoisotopic (exact) mass is 234 g/mol. The molecule has 3 nitrogen and oxygen atoms in total. The van der Waals surface area contributed by atoms with Gasteiger partial charge in [-0.3, -0.25) is 0 Å². The van der Waals surface area contributed by atoms with Crippen molar-refractivity contribution in [3.8, 4) is 0 Å². The lowest BCUT2D eigenvalue weighted by Gasteiger charge is -2.16. The van der Waals surface area contributed by atoms with Crippen LogP contribution in [-0.2, 0) is 15.4 Å². The number of hydrogen-bond donors (Lipinski definition) is 1. The molecule has 0 spiro atoms. The van der Waals surface area contributed by atoms with E-state index in [0.717, 1.165) is 0 Å². The van der Waals surface area contributed by atoms with Gasteiger partial charge in [0.05, 0.1) is 10.5 Å². The third kappa shape index (κ3) is 2.16. The molecule has 0 saturated heterocycles. The van der Waals surface area contributed by atoms with E-state index < -0.39 is 15.4 Å². The van der Waals surface area contributed by atoms with Crippen molar-refractivity contribution in [1.29, 1.82) is 0 Å². The fourth-order valence-electron chi connectivity index (χ4n) is 1.37. The van der Waals surface area contributed by atoms with E-state index >= 15 is 0 Å². The average molecular weight is 234 g/mol. The van der Waals surface area contributed by atoms with Crippen LogP contribution in [0.1, 0.15) is 24.3 Å². The summed E-state index contributed by atoms with van der Waals surface area (Å²) in [6, 6.07) is 0. The zero-order valence-corrected chi connectivity index (χ0v) is 10.3. The molecule has 0 aliphatic heterocycles. The van der Waals surface area contributed by atoms with Gasteiger partial charge >= 0.3 is 0 Å². The normalized spacial score (nSPS) is 13.2. The zero-order valence-electron chi connectivity index (χ0n) is 8.66. The minimum atomic E-state index is -3.17. The predicted octanol–water partition coefficient (Wildman–Crippen LogP) is 1.69. The maximum atomic E-state index is 11.3. The minimum absolute atomic E-state index is 0.319. The van der Waals surface area contributed by atoms with E-state index in [1.165, 1.54) is 17.6 Å². The molecule has 1 aromatic heterocycles. The molecule has 0 amide bonds. The SMILES string of the molecule is Cc1c(S(C)(=O)=O)csc1C(C)(C)O. The van der Waals surface area contributed by atoms with Crippen molar-refractivity contribution in [3.05, 3.63) is 15.8 Å². The van der Waals surface area contributed by atoms with Gasteiger partial charge < -0.3 is 5.11 Å². The highest BCUT2D eigenvalue weighted by Gasteiger charge is 2.25. The molecular formula is C9H14O3S2. The third-order valence-electron chi connectivity index (χ3n) is 1.95. The minimum Gasteiger partial charge on any atom is -0.385 e. The largest absolute Gasteiger partial charge is 0.385 e. The first-order valence-electron chi connectivity index (χ1n) is 4.15. The summed E-state index contributed by atoms with van der Waals surface area (Å²) in [5.41, 5.74) is -0.317. The molecule has 0 aromatic carbocycles. The summed E-state index contributed by atoms with van der Waals surface area (Å²) in [6.45, 7) is 5.02. The van der Waals surface area contributed by atoms with Crippen LogP contribution < -0.4 is 0 Å². The maximum Gasteiger partial charge on any atom is 0.176 e. The Morgan fingerprint density at radius 3 is 2.14 bits per heavy atom. The van der Waals surface area contributed by atoms with Crippen LogP contribution in [0.2, 0.25) is 0 Å². The highest BCUT2D eigenvalue weighted by atomic mass is 32.2. The van der Waals surface area contributed by atoms with Crippen LogP contribution in [0.25, 0.3) is 0 Å². The summed E-state index contributed by atoms with van der Waals surface area (Å²) in [5.74, 6) is 0. The van der Waals surface area contributed by atoms with Crippen LogP contribution in [0, 0.1) is 6.92 Å². The lowest BCUT2D eigenvalue weighted by molar-refractivity contribution is 0.0818. The smallest absolute Gasteiger partial charge is 0.176 e. The Bertz CT molecular complexity index is 435. The van der Waals surface area contributed by atoms with Gasteiger partial charge in [-0.2, -0.15) is 0 Å². The molecule has 0 atom stereocenters. The van der Waals surface area contributed by atoms with E-state index in [2.05, 4.69) is 0 Å². The average Bonchev–Trinajstić information content (AvgIpc) is 2.26. The van der Waals surface area contributed by atoms with Crippen molar-refractivity contribution in [2.45, 2.75) is 31.3 Å². The maximum absolute atomic E-state index is 11.3. The molecule has 1 aromatic rings. The fraction of sp³-hybridized carbons (Fsp3) is 0.556. The first-order chi connectivity index (χ1) is 6.14. The van der Waals surface area contributed by atoms with Crippen molar-refractivity contribution in [3.63, 3.8) is 0 Å². The summed E-state index contributed by atoms with van der Waals surface area (Å²) in [5, 5.41) is 11.3. The van der Waals surface area contributed by atoms with Crippen LogP contribution in [0.3, 0.4) is 0 Å². The van der Waals surface area contributed by atoms with Crippen LogP contribution in [0.15, 0.2) is 10.3 Å². The van der Waals surface area contributed by atoms with Gasteiger partial charge in [-0.1, -0.05) is 0 Å². The standard InChI is InChI=1S/C9H14O3S2/c1-6-7(14(4,11)12)5-13-8(6)9(2,3)10/h5,10H,1-4H3.